The van der Waals surface area contributed by atoms with Crippen LogP contribution in [0.3, 0.4) is 0 Å². The van der Waals surface area contributed by atoms with E-state index < -0.39 is 0 Å². The molecular formula is C30H31NO4. The van der Waals surface area contributed by atoms with Gasteiger partial charge in [0, 0.05) is 11.3 Å². The van der Waals surface area contributed by atoms with E-state index in [0.717, 1.165) is 22.3 Å². The number of fused-ring (bicyclic) bond motifs is 1. The van der Waals surface area contributed by atoms with Crippen molar-refractivity contribution in [1.29, 1.82) is 0 Å². The molecule has 0 aliphatic heterocycles. The molecule has 4 aromatic rings. The monoisotopic (exact) mass is 469 g/mol. The molecule has 0 saturated carbocycles. The molecule has 0 aliphatic rings. The molecular weight excluding hydrogens is 438 g/mol. The highest BCUT2D eigenvalue weighted by atomic mass is 16.5. The molecule has 35 heavy (non-hydrogen) atoms. The molecule has 1 N–H and O–H groups in total. The summed E-state index contributed by atoms with van der Waals surface area (Å²) in [6.45, 7) is 12.0. The fourth-order valence-electron chi connectivity index (χ4n) is 3.89. The number of carbonyl (C=O) groups is 1. The van der Waals surface area contributed by atoms with E-state index in [1.807, 2.05) is 69.3 Å². The van der Waals surface area contributed by atoms with Crippen LogP contribution in [0.1, 0.15) is 43.0 Å². The minimum absolute atomic E-state index is 0.00791. The number of ether oxygens (including phenoxy) is 1. The first-order chi connectivity index (χ1) is 16.5. The normalized spacial score (nSPS) is 11.5. The van der Waals surface area contributed by atoms with Crippen molar-refractivity contribution in [3.8, 4) is 17.1 Å². The van der Waals surface area contributed by atoms with Gasteiger partial charge in [0.2, 0.25) is 11.2 Å². The van der Waals surface area contributed by atoms with Gasteiger partial charge in [-0.25, -0.2) is 0 Å². The number of benzene rings is 3. The first-order valence-electron chi connectivity index (χ1n) is 11.7. The van der Waals surface area contributed by atoms with E-state index in [-0.39, 0.29) is 29.1 Å². The Morgan fingerprint density at radius 3 is 2.29 bits per heavy atom. The highest BCUT2D eigenvalue weighted by Gasteiger charge is 2.20. The lowest BCUT2D eigenvalue weighted by atomic mass is 9.86. The summed E-state index contributed by atoms with van der Waals surface area (Å²) in [6, 6.07) is 19.0. The maximum atomic E-state index is 13.4. The number of rotatable bonds is 5. The lowest BCUT2D eigenvalue weighted by molar-refractivity contribution is -0.118. The van der Waals surface area contributed by atoms with Gasteiger partial charge in [-0.05, 0) is 67.1 Å². The molecule has 5 nitrogen and oxygen atoms in total. The van der Waals surface area contributed by atoms with Crippen LogP contribution in [-0.2, 0) is 10.2 Å². The number of carbonyl (C=O) groups excluding carboxylic acids is 1. The van der Waals surface area contributed by atoms with Gasteiger partial charge in [0.25, 0.3) is 5.91 Å². The van der Waals surface area contributed by atoms with Crippen LogP contribution in [0, 0.1) is 20.8 Å². The third-order valence-electron chi connectivity index (χ3n) is 6.16. The van der Waals surface area contributed by atoms with Gasteiger partial charge in [-0.2, -0.15) is 0 Å². The van der Waals surface area contributed by atoms with Crippen LogP contribution in [0.5, 0.6) is 5.75 Å². The first kappa shape index (κ1) is 24.3. The second-order valence-corrected chi connectivity index (χ2v) is 10.1. The summed E-state index contributed by atoms with van der Waals surface area (Å²) in [7, 11) is 0. The van der Waals surface area contributed by atoms with Crippen LogP contribution in [0.25, 0.3) is 22.3 Å². The minimum Gasteiger partial charge on any atom is -0.476 e. The van der Waals surface area contributed by atoms with Gasteiger partial charge < -0.3 is 14.5 Å². The minimum atomic E-state index is -0.356. The molecule has 0 unspecified atom stereocenters. The summed E-state index contributed by atoms with van der Waals surface area (Å²) >= 11 is 0. The van der Waals surface area contributed by atoms with Crippen LogP contribution < -0.4 is 15.5 Å². The zero-order chi connectivity index (χ0) is 25.3. The number of aryl methyl sites for hydroxylation is 3. The molecule has 1 heterocycles. The zero-order valence-corrected chi connectivity index (χ0v) is 21.1. The lowest BCUT2D eigenvalue weighted by Gasteiger charge is -2.19. The Kier molecular flexibility index (Phi) is 6.53. The van der Waals surface area contributed by atoms with Crippen LogP contribution in [0.4, 0.5) is 5.69 Å². The topological polar surface area (TPSA) is 68.5 Å². The smallest absolute Gasteiger partial charge is 0.262 e. The standard InChI is InChI=1S/C30H31NO4/c1-18-7-14-25-24(15-18)27(33)29(28(35-25)21-9-11-22(12-10-21)30(4,5)6)34-17-26(32)31-23-13-8-19(2)20(3)16-23/h7-16H,17H2,1-6H3,(H,31,32). The Balaban J connectivity index is 1.69. The van der Waals surface area contributed by atoms with Gasteiger partial charge in [-0.3, -0.25) is 9.59 Å². The second-order valence-electron chi connectivity index (χ2n) is 10.1. The molecule has 5 heteroatoms. The number of hydrogen-bond donors (Lipinski definition) is 1. The van der Waals surface area contributed by atoms with E-state index in [0.29, 0.717) is 28.0 Å². The Labute approximate surface area is 205 Å². The summed E-state index contributed by atoms with van der Waals surface area (Å²) in [6.07, 6.45) is 0. The van der Waals surface area contributed by atoms with Gasteiger partial charge >= 0.3 is 0 Å². The number of anilines is 1. The maximum Gasteiger partial charge on any atom is 0.262 e. The summed E-state index contributed by atoms with van der Waals surface area (Å²) < 4.78 is 12.0. The second kappa shape index (κ2) is 9.41. The number of amides is 1. The van der Waals surface area contributed by atoms with E-state index in [9.17, 15) is 9.59 Å². The highest BCUT2D eigenvalue weighted by Crippen LogP contribution is 2.33. The van der Waals surface area contributed by atoms with Gasteiger partial charge in [0.05, 0.1) is 5.39 Å². The average molecular weight is 470 g/mol. The third kappa shape index (κ3) is 5.29. The zero-order valence-electron chi connectivity index (χ0n) is 21.1. The average Bonchev–Trinajstić information content (AvgIpc) is 2.80. The van der Waals surface area contributed by atoms with Crippen molar-refractivity contribution in [1.82, 2.24) is 0 Å². The largest absolute Gasteiger partial charge is 0.476 e. The van der Waals surface area contributed by atoms with Gasteiger partial charge in [-0.15, -0.1) is 0 Å². The Morgan fingerprint density at radius 2 is 1.63 bits per heavy atom. The fraction of sp³-hybridized carbons (Fsp3) is 0.267. The highest BCUT2D eigenvalue weighted by molar-refractivity contribution is 5.92. The predicted molar refractivity (Wildman–Crippen MR) is 141 cm³/mol. The number of nitrogens with one attached hydrogen (secondary N) is 1. The predicted octanol–water partition coefficient (Wildman–Crippen LogP) is 6.70. The lowest BCUT2D eigenvalue weighted by Crippen LogP contribution is -2.22. The van der Waals surface area contributed by atoms with Crippen LogP contribution in [-0.4, -0.2) is 12.5 Å². The van der Waals surface area contributed by atoms with Crippen LogP contribution >= 0.6 is 0 Å². The molecule has 0 fully saturated rings. The maximum absolute atomic E-state index is 13.4. The van der Waals surface area contributed by atoms with Gasteiger partial charge in [0.15, 0.2) is 12.4 Å². The molecule has 0 bridgehead atoms. The Bertz CT molecular complexity index is 1460. The summed E-state index contributed by atoms with van der Waals surface area (Å²) in [5.74, 6) is -0.0151. The van der Waals surface area contributed by atoms with E-state index >= 15 is 0 Å². The molecule has 180 valence electrons. The van der Waals surface area contributed by atoms with Crippen molar-refractivity contribution in [3.63, 3.8) is 0 Å². The molecule has 3 aromatic carbocycles. The molecule has 0 saturated heterocycles. The van der Waals surface area contributed by atoms with Crippen molar-refractivity contribution in [2.24, 2.45) is 0 Å². The molecule has 0 radical (unpaired) electrons. The molecule has 0 spiro atoms. The number of hydrogen-bond acceptors (Lipinski definition) is 4. The fourth-order valence-corrected chi connectivity index (χ4v) is 3.89. The molecule has 1 aromatic heterocycles. The quantitative estimate of drug-likeness (QED) is 0.353. The van der Waals surface area contributed by atoms with Crippen molar-refractivity contribution < 1.29 is 13.9 Å². The summed E-state index contributed by atoms with van der Waals surface area (Å²) in [5, 5.41) is 3.25. The SMILES string of the molecule is Cc1ccc2oc(-c3ccc(C(C)(C)C)cc3)c(OCC(=O)Nc3ccc(C)c(C)c3)c(=O)c2c1. The van der Waals surface area contributed by atoms with Crippen molar-refractivity contribution in [2.75, 3.05) is 11.9 Å². The van der Waals surface area contributed by atoms with E-state index in [2.05, 4.69) is 26.1 Å². The van der Waals surface area contributed by atoms with Crippen molar-refractivity contribution in [3.05, 3.63) is 93.1 Å². The molecule has 4 rings (SSSR count). The van der Waals surface area contributed by atoms with Crippen LogP contribution in [0.15, 0.2) is 69.9 Å². The Morgan fingerprint density at radius 1 is 0.914 bits per heavy atom. The van der Waals surface area contributed by atoms with Crippen molar-refractivity contribution >= 4 is 22.6 Å². The molecule has 0 aliphatic carbocycles. The summed E-state index contributed by atoms with van der Waals surface area (Å²) in [4.78, 5) is 26.1. The van der Waals surface area contributed by atoms with E-state index in [1.54, 1.807) is 12.1 Å². The van der Waals surface area contributed by atoms with Gasteiger partial charge in [0.1, 0.15) is 5.58 Å². The van der Waals surface area contributed by atoms with E-state index in [4.69, 9.17) is 9.15 Å². The Hall–Kier alpha value is -3.86. The molecule has 0 atom stereocenters. The van der Waals surface area contributed by atoms with Crippen molar-refractivity contribution in [2.45, 2.75) is 47.0 Å². The summed E-state index contributed by atoms with van der Waals surface area (Å²) in [5.41, 5.74) is 5.88. The van der Waals surface area contributed by atoms with Crippen LogP contribution in [0.2, 0.25) is 0 Å². The van der Waals surface area contributed by atoms with E-state index in [1.165, 1.54) is 0 Å². The molecule has 1 amide bonds. The van der Waals surface area contributed by atoms with Gasteiger partial charge in [-0.1, -0.05) is 62.7 Å². The third-order valence-corrected chi connectivity index (χ3v) is 6.16. The first-order valence-corrected chi connectivity index (χ1v) is 11.7.